The number of carbonyl (C=O) groups is 2. The Morgan fingerprint density at radius 2 is 1.76 bits per heavy atom. The van der Waals surface area contributed by atoms with Crippen LogP contribution in [0.4, 0.5) is 11.4 Å². The van der Waals surface area contributed by atoms with Crippen molar-refractivity contribution in [1.82, 2.24) is 14.8 Å². The van der Waals surface area contributed by atoms with E-state index in [1.807, 2.05) is 18.2 Å². The number of benzene rings is 1. The number of para-hydroxylation sites is 1. The van der Waals surface area contributed by atoms with Crippen molar-refractivity contribution in [3.8, 4) is 0 Å². The summed E-state index contributed by atoms with van der Waals surface area (Å²) in [5.41, 5.74) is 1.88. The molecular weight excluding hydrogens is 340 g/mol. The average Bonchev–Trinajstić information content (AvgIpc) is 2.63. The van der Waals surface area contributed by atoms with Crippen LogP contribution in [0.15, 0.2) is 42.6 Å². The van der Waals surface area contributed by atoms with Crippen molar-refractivity contribution in [2.75, 3.05) is 31.5 Å². The molecule has 7 heteroatoms. The molecule has 1 aromatic heterocycles. The Kier molecular flexibility index (Phi) is 5.19. The number of nitrogens with zero attached hydrogens (tertiary/aromatic N) is 3. The van der Waals surface area contributed by atoms with Crippen molar-refractivity contribution in [2.24, 2.45) is 0 Å². The Bertz CT molecular complexity index is 788. The van der Waals surface area contributed by atoms with E-state index in [0.717, 1.165) is 11.4 Å². The molecule has 0 spiro atoms. The van der Waals surface area contributed by atoms with Crippen molar-refractivity contribution < 1.29 is 9.59 Å². The largest absolute Gasteiger partial charge is 0.354 e. The summed E-state index contributed by atoms with van der Waals surface area (Å²) in [7, 11) is 0. The highest BCUT2D eigenvalue weighted by Crippen LogP contribution is 2.25. The predicted octanol–water partition coefficient (Wildman–Crippen LogP) is 2.78. The normalized spacial score (nSPS) is 14.3. The molecule has 1 saturated heterocycles. The van der Waals surface area contributed by atoms with Gasteiger partial charge < -0.3 is 15.1 Å². The molecule has 2 aromatic rings. The molecule has 0 radical (unpaired) electrons. The number of hydrogen-bond donors (Lipinski definition) is 1. The van der Waals surface area contributed by atoms with Crippen LogP contribution in [0.1, 0.15) is 17.4 Å². The smallest absolute Gasteiger partial charge is 0.272 e. The number of carbonyl (C=O) groups excluding carboxylic acids is 2. The van der Waals surface area contributed by atoms with Crippen molar-refractivity contribution >= 4 is 34.8 Å². The van der Waals surface area contributed by atoms with Crippen molar-refractivity contribution in [1.29, 1.82) is 0 Å². The number of nitrogens with one attached hydrogen (secondary N) is 1. The van der Waals surface area contributed by atoms with Gasteiger partial charge in [-0.3, -0.25) is 14.6 Å². The lowest BCUT2D eigenvalue weighted by Crippen LogP contribution is -2.50. The van der Waals surface area contributed by atoms with Crippen LogP contribution in [-0.2, 0) is 4.79 Å². The molecule has 25 heavy (non-hydrogen) atoms. The molecule has 0 unspecified atom stereocenters. The summed E-state index contributed by atoms with van der Waals surface area (Å²) in [5, 5.41) is 3.80. The van der Waals surface area contributed by atoms with Gasteiger partial charge in [-0.05, 0) is 24.3 Å². The summed E-state index contributed by atoms with van der Waals surface area (Å²) >= 11 is 6.15. The second-order valence-corrected chi connectivity index (χ2v) is 6.24. The van der Waals surface area contributed by atoms with E-state index < -0.39 is 0 Å². The molecule has 3 rings (SSSR count). The van der Waals surface area contributed by atoms with E-state index in [9.17, 15) is 9.59 Å². The molecule has 6 nitrogen and oxygen atoms in total. The molecular formula is C18H19ClN4O2. The zero-order chi connectivity index (χ0) is 17.8. The fraction of sp³-hybridized carbons (Fsp3) is 0.278. The van der Waals surface area contributed by atoms with Gasteiger partial charge in [-0.2, -0.15) is 0 Å². The summed E-state index contributed by atoms with van der Waals surface area (Å²) < 4.78 is 0. The lowest BCUT2D eigenvalue weighted by atomic mass is 10.2. The first-order valence-corrected chi connectivity index (χ1v) is 8.45. The van der Waals surface area contributed by atoms with Gasteiger partial charge in [0.15, 0.2) is 0 Å². The first-order chi connectivity index (χ1) is 12.0. The van der Waals surface area contributed by atoms with E-state index in [2.05, 4.69) is 10.3 Å². The second-order valence-electron chi connectivity index (χ2n) is 5.83. The number of pyridine rings is 1. The highest BCUT2D eigenvalue weighted by atomic mass is 35.5. The van der Waals surface area contributed by atoms with Crippen molar-refractivity contribution in [3.63, 3.8) is 0 Å². The third-order valence-electron chi connectivity index (χ3n) is 4.14. The Hall–Kier alpha value is -2.60. The third kappa shape index (κ3) is 4.09. The quantitative estimate of drug-likeness (QED) is 0.916. The van der Waals surface area contributed by atoms with Gasteiger partial charge in [0.2, 0.25) is 5.91 Å². The SMILES string of the molecule is CC(=O)N1CCN(C(=O)c2cc(Nc3ccccc3Cl)ccn2)CC1. The summed E-state index contributed by atoms with van der Waals surface area (Å²) in [4.78, 5) is 31.7. The minimum Gasteiger partial charge on any atom is -0.354 e. The molecule has 0 bridgehead atoms. The van der Waals surface area contributed by atoms with E-state index in [4.69, 9.17) is 11.6 Å². The molecule has 2 amide bonds. The standard InChI is InChI=1S/C18H19ClN4O2/c1-13(24)22-8-10-23(11-9-22)18(25)17-12-14(6-7-20-17)21-16-5-3-2-4-15(16)19/h2-7,12H,8-11H2,1H3,(H,20,21). The summed E-state index contributed by atoms with van der Waals surface area (Å²) in [6.07, 6.45) is 1.60. The van der Waals surface area contributed by atoms with Gasteiger partial charge in [-0.25, -0.2) is 0 Å². The maximum Gasteiger partial charge on any atom is 0.272 e. The van der Waals surface area contributed by atoms with Gasteiger partial charge in [-0.15, -0.1) is 0 Å². The van der Waals surface area contributed by atoms with Crippen LogP contribution in [0.5, 0.6) is 0 Å². The second kappa shape index (κ2) is 7.53. The molecule has 1 fully saturated rings. The number of aromatic nitrogens is 1. The minimum absolute atomic E-state index is 0.0381. The van der Waals surface area contributed by atoms with E-state index >= 15 is 0 Å². The van der Waals surface area contributed by atoms with Gasteiger partial charge in [0.1, 0.15) is 5.69 Å². The number of amides is 2. The molecule has 0 atom stereocenters. The molecule has 0 saturated carbocycles. The lowest BCUT2D eigenvalue weighted by Gasteiger charge is -2.34. The predicted molar refractivity (Wildman–Crippen MR) is 97.1 cm³/mol. The number of rotatable bonds is 3. The molecule has 1 aliphatic rings. The van der Waals surface area contributed by atoms with Gasteiger partial charge >= 0.3 is 0 Å². The van der Waals surface area contributed by atoms with Crippen LogP contribution in [-0.4, -0.2) is 52.8 Å². The third-order valence-corrected chi connectivity index (χ3v) is 4.47. The molecule has 130 valence electrons. The van der Waals surface area contributed by atoms with Crippen LogP contribution >= 0.6 is 11.6 Å². The number of anilines is 2. The van der Waals surface area contributed by atoms with E-state index in [-0.39, 0.29) is 11.8 Å². The topological polar surface area (TPSA) is 65.5 Å². The Balaban J connectivity index is 1.70. The zero-order valence-electron chi connectivity index (χ0n) is 13.9. The molecule has 0 aliphatic carbocycles. The molecule has 1 N–H and O–H groups in total. The Morgan fingerprint density at radius 3 is 2.44 bits per heavy atom. The number of hydrogen-bond acceptors (Lipinski definition) is 4. The number of halogens is 1. The van der Waals surface area contributed by atoms with Crippen molar-refractivity contribution in [2.45, 2.75) is 6.92 Å². The van der Waals surface area contributed by atoms with Crippen LogP contribution in [0.2, 0.25) is 5.02 Å². The molecule has 1 aliphatic heterocycles. The van der Waals surface area contributed by atoms with Crippen LogP contribution < -0.4 is 5.32 Å². The summed E-state index contributed by atoms with van der Waals surface area (Å²) in [6, 6.07) is 10.9. The summed E-state index contributed by atoms with van der Waals surface area (Å²) in [5.74, 6) is -0.0952. The van der Waals surface area contributed by atoms with Gasteiger partial charge in [0.25, 0.3) is 5.91 Å². The maximum atomic E-state index is 12.7. The summed E-state index contributed by atoms with van der Waals surface area (Å²) in [6.45, 7) is 3.69. The maximum absolute atomic E-state index is 12.7. The lowest BCUT2D eigenvalue weighted by molar-refractivity contribution is -0.130. The number of piperazine rings is 1. The highest BCUT2D eigenvalue weighted by Gasteiger charge is 2.24. The van der Waals surface area contributed by atoms with Crippen LogP contribution in [0, 0.1) is 0 Å². The molecule has 1 aromatic carbocycles. The van der Waals surface area contributed by atoms with Gasteiger partial charge in [0.05, 0.1) is 10.7 Å². The first kappa shape index (κ1) is 17.2. The minimum atomic E-state index is -0.133. The molecule has 2 heterocycles. The van der Waals surface area contributed by atoms with Crippen LogP contribution in [0.3, 0.4) is 0 Å². The first-order valence-electron chi connectivity index (χ1n) is 8.07. The van der Waals surface area contributed by atoms with Gasteiger partial charge in [0, 0.05) is 45.0 Å². The van der Waals surface area contributed by atoms with Gasteiger partial charge in [-0.1, -0.05) is 23.7 Å². The Morgan fingerprint density at radius 1 is 1.08 bits per heavy atom. The van der Waals surface area contributed by atoms with E-state index in [1.54, 1.807) is 41.1 Å². The Labute approximate surface area is 151 Å². The fourth-order valence-electron chi connectivity index (χ4n) is 2.73. The zero-order valence-corrected chi connectivity index (χ0v) is 14.7. The fourth-order valence-corrected chi connectivity index (χ4v) is 2.91. The van der Waals surface area contributed by atoms with E-state index in [0.29, 0.717) is 36.9 Å². The van der Waals surface area contributed by atoms with E-state index in [1.165, 1.54) is 0 Å². The average molecular weight is 359 g/mol. The van der Waals surface area contributed by atoms with Crippen LogP contribution in [0.25, 0.3) is 0 Å². The highest BCUT2D eigenvalue weighted by molar-refractivity contribution is 6.33. The monoisotopic (exact) mass is 358 g/mol. The van der Waals surface area contributed by atoms with Crippen molar-refractivity contribution in [3.05, 3.63) is 53.3 Å².